The summed E-state index contributed by atoms with van der Waals surface area (Å²) in [4.78, 5) is 4.27. The second-order valence-corrected chi connectivity index (χ2v) is 5.96. The molecule has 3 fully saturated rings. The average Bonchev–Trinajstić information content (AvgIpc) is 3.25. The molecule has 3 aliphatic rings. The fourth-order valence-corrected chi connectivity index (χ4v) is 3.16. The molecular formula is C15H20N2O2. The van der Waals surface area contributed by atoms with Gasteiger partial charge >= 0.3 is 0 Å². The molecule has 2 aliphatic heterocycles. The van der Waals surface area contributed by atoms with Crippen LogP contribution in [0.4, 0.5) is 0 Å². The highest BCUT2D eigenvalue weighted by Gasteiger charge is 2.50. The van der Waals surface area contributed by atoms with Crippen molar-refractivity contribution in [1.29, 1.82) is 0 Å². The van der Waals surface area contributed by atoms with Crippen LogP contribution in [-0.2, 0) is 4.74 Å². The Kier molecular flexibility index (Phi) is 2.74. The Balaban J connectivity index is 1.60. The number of hydrogen-bond acceptors (Lipinski definition) is 4. The number of aromatic nitrogens is 1. The molecule has 0 radical (unpaired) electrons. The molecule has 3 heterocycles. The van der Waals surface area contributed by atoms with E-state index in [0.717, 1.165) is 24.5 Å². The summed E-state index contributed by atoms with van der Waals surface area (Å²) in [5.74, 6) is 0.967. The largest absolute Gasteiger partial charge is 0.490 e. The molecule has 1 aromatic rings. The molecule has 1 aromatic heterocycles. The van der Waals surface area contributed by atoms with Gasteiger partial charge in [0.15, 0.2) is 0 Å². The monoisotopic (exact) mass is 260 g/mol. The molecule has 19 heavy (non-hydrogen) atoms. The fraction of sp³-hybridized carbons (Fsp3) is 0.667. The molecule has 4 rings (SSSR count). The smallest absolute Gasteiger partial charge is 0.128 e. The van der Waals surface area contributed by atoms with E-state index in [4.69, 9.17) is 9.47 Å². The van der Waals surface area contributed by atoms with E-state index in [0.29, 0.717) is 6.10 Å². The van der Waals surface area contributed by atoms with Gasteiger partial charge in [-0.25, -0.2) is 0 Å². The third kappa shape index (κ3) is 2.03. The molecular weight excluding hydrogens is 240 g/mol. The minimum Gasteiger partial charge on any atom is -0.490 e. The quantitative estimate of drug-likeness (QED) is 0.905. The summed E-state index contributed by atoms with van der Waals surface area (Å²) in [6, 6.07) is 1.98. The Morgan fingerprint density at radius 2 is 2.32 bits per heavy atom. The zero-order chi connectivity index (χ0) is 12.7. The van der Waals surface area contributed by atoms with Crippen LogP contribution in [0.2, 0.25) is 0 Å². The number of pyridine rings is 1. The van der Waals surface area contributed by atoms with Crippen LogP contribution in [0, 0.1) is 0 Å². The van der Waals surface area contributed by atoms with Crippen molar-refractivity contribution in [2.75, 3.05) is 13.2 Å². The highest BCUT2D eigenvalue weighted by molar-refractivity contribution is 5.36. The molecule has 1 unspecified atom stereocenters. The summed E-state index contributed by atoms with van der Waals surface area (Å²) in [7, 11) is 0. The van der Waals surface area contributed by atoms with Crippen LogP contribution in [0.3, 0.4) is 0 Å². The van der Waals surface area contributed by atoms with Crippen molar-refractivity contribution in [3.05, 3.63) is 24.0 Å². The van der Waals surface area contributed by atoms with Crippen LogP contribution >= 0.6 is 0 Å². The lowest BCUT2D eigenvalue weighted by atomic mass is 9.77. The van der Waals surface area contributed by atoms with Crippen molar-refractivity contribution in [3.63, 3.8) is 0 Å². The standard InChI is InChI=1S/C15H20N2O2/c1-2-7-17-15(6-1)10-18-14(15)12-9-16-8-5-13(12)19-11-3-4-11/h5,8-9,11,14,17H,1-4,6-7,10H2/t14?,15-/m0/s1. The van der Waals surface area contributed by atoms with Gasteiger partial charge in [0.25, 0.3) is 0 Å². The van der Waals surface area contributed by atoms with Gasteiger partial charge in [-0.1, -0.05) is 6.42 Å². The van der Waals surface area contributed by atoms with E-state index >= 15 is 0 Å². The van der Waals surface area contributed by atoms with E-state index in [-0.39, 0.29) is 11.6 Å². The van der Waals surface area contributed by atoms with E-state index < -0.39 is 0 Å². The SMILES string of the molecule is c1cc(OC2CC2)c(C2OC[C@@]23CCCCN3)cn1. The van der Waals surface area contributed by atoms with Gasteiger partial charge in [0.1, 0.15) is 11.9 Å². The zero-order valence-corrected chi connectivity index (χ0v) is 11.1. The Morgan fingerprint density at radius 1 is 1.37 bits per heavy atom. The van der Waals surface area contributed by atoms with Gasteiger partial charge in [-0.3, -0.25) is 4.98 Å². The molecule has 1 N–H and O–H groups in total. The number of hydrogen-bond donors (Lipinski definition) is 1. The minimum absolute atomic E-state index is 0.107. The number of nitrogens with one attached hydrogen (secondary N) is 1. The van der Waals surface area contributed by atoms with Crippen molar-refractivity contribution < 1.29 is 9.47 Å². The first kappa shape index (κ1) is 11.7. The normalized spacial score (nSPS) is 34.0. The molecule has 102 valence electrons. The van der Waals surface area contributed by atoms with Crippen LogP contribution in [0.15, 0.2) is 18.5 Å². The van der Waals surface area contributed by atoms with Crippen molar-refractivity contribution in [2.24, 2.45) is 0 Å². The minimum atomic E-state index is 0.107. The molecule has 0 amide bonds. The summed E-state index contributed by atoms with van der Waals surface area (Å²) >= 11 is 0. The molecule has 1 aliphatic carbocycles. The molecule has 4 nitrogen and oxygen atoms in total. The topological polar surface area (TPSA) is 43.4 Å². The van der Waals surface area contributed by atoms with Crippen LogP contribution in [0.5, 0.6) is 5.75 Å². The van der Waals surface area contributed by atoms with Gasteiger partial charge in [0, 0.05) is 18.0 Å². The Morgan fingerprint density at radius 3 is 3.00 bits per heavy atom. The van der Waals surface area contributed by atoms with Crippen molar-refractivity contribution >= 4 is 0 Å². The molecule has 2 atom stereocenters. The number of rotatable bonds is 3. The van der Waals surface area contributed by atoms with Gasteiger partial charge in [-0.15, -0.1) is 0 Å². The molecule has 0 aromatic carbocycles. The van der Waals surface area contributed by atoms with Gasteiger partial charge in [-0.2, -0.15) is 0 Å². The Hall–Kier alpha value is -1.13. The summed E-state index contributed by atoms with van der Waals surface area (Å²) < 4.78 is 11.9. The van der Waals surface area contributed by atoms with E-state index in [1.165, 1.54) is 32.1 Å². The fourth-order valence-electron chi connectivity index (χ4n) is 3.16. The second-order valence-electron chi connectivity index (χ2n) is 5.96. The summed E-state index contributed by atoms with van der Waals surface area (Å²) in [6.45, 7) is 1.91. The maximum atomic E-state index is 6.00. The van der Waals surface area contributed by atoms with Crippen molar-refractivity contribution in [1.82, 2.24) is 10.3 Å². The van der Waals surface area contributed by atoms with E-state index in [9.17, 15) is 0 Å². The highest BCUT2D eigenvalue weighted by Crippen LogP contribution is 2.47. The molecule has 1 saturated carbocycles. The lowest BCUT2D eigenvalue weighted by molar-refractivity contribution is -0.163. The Bertz CT molecular complexity index is 467. The van der Waals surface area contributed by atoms with Gasteiger partial charge in [0.05, 0.1) is 18.2 Å². The highest BCUT2D eigenvalue weighted by atomic mass is 16.5. The van der Waals surface area contributed by atoms with Crippen molar-refractivity contribution in [2.45, 2.75) is 49.9 Å². The van der Waals surface area contributed by atoms with Crippen LogP contribution in [-0.4, -0.2) is 29.8 Å². The zero-order valence-electron chi connectivity index (χ0n) is 11.1. The maximum absolute atomic E-state index is 6.00. The molecule has 1 spiro atoms. The van der Waals surface area contributed by atoms with Crippen LogP contribution in [0.25, 0.3) is 0 Å². The summed E-state index contributed by atoms with van der Waals surface area (Å²) in [5.41, 5.74) is 1.25. The molecule has 0 bridgehead atoms. The van der Waals surface area contributed by atoms with Gasteiger partial charge < -0.3 is 14.8 Å². The maximum Gasteiger partial charge on any atom is 0.128 e. The van der Waals surface area contributed by atoms with E-state index in [1.807, 2.05) is 12.3 Å². The molecule has 2 saturated heterocycles. The second kappa shape index (κ2) is 4.46. The molecule has 4 heteroatoms. The lowest BCUT2D eigenvalue weighted by Gasteiger charge is -2.52. The van der Waals surface area contributed by atoms with Crippen LogP contribution < -0.4 is 10.1 Å². The first-order valence-electron chi connectivity index (χ1n) is 7.35. The van der Waals surface area contributed by atoms with Gasteiger partial charge in [-0.05, 0) is 38.3 Å². The Labute approximate surface area is 113 Å². The van der Waals surface area contributed by atoms with E-state index in [2.05, 4.69) is 10.3 Å². The third-order valence-electron chi connectivity index (χ3n) is 4.45. The third-order valence-corrected chi connectivity index (χ3v) is 4.45. The first-order chi connectivity index (χ1) is 9.37. The summed E-state index contributed by atoms with van der Waals surface area (Å²) in [6.07, 6.45) is 10.3. The van der Waals surface area contributed by atoms with Gasteiger partial charge in [0.2, 0.25) is 0 Å². The number of ether oxygens (including phenoxy) is 2. The predicted octanol–water partition coefficient (Wildman–Crippen LogP) is 2.21. The van der Waals surface area contributed by atoms with Crippen LogP contribution in [0.1, 0.15) is 43.8 Å². The number of piperidine rings is 1. The number of nitrogens with zero attached hydrogens (tertiary/aromatic N) is 1. The van der Waals surface area contributed by atoms with Crippen molar-refractivity contribution in [3.8, 4) is 5.75 Å². The average molecular weight is 260 g/mol. The predicted molar refractivity (Wildman–Crippen MR) is 71.2 cm³/mol. The van der Waals surface area contributed by atoms with E-state index in [1.54, 1.807) is 6.20 Å². The lowest BCUT2D eigenvalue weighted by Crippen LogP contribution is -2.63. The first-order valence-corrected chi connectivity index (χ1v) is 7.35. The summed E-state index contributed by atoms with van der Waals surface area (Å²) in [5, 5.41) is 3.67.